The number of nitrogens with zero attached hydrogens (tertiary/aromatic N) is 1. The van der Waals surface area contributed by atoms with Gasteiger partial charge in [0.1, 0.15) is 0 Å². The third-order valence-electron chi connectivity index (χ3n) is 3.63. The predicted octanol–water partition coefficient (Wildman–Crippen LogP) is 0.962. The first kappa shape index (κ1) is 14.5. The van der Waals surface area contributed by atoms with Crippen molar-refractivity contribution < 1.29 is 4.79 Å². The van der Waals surface area contributed by atoms with E-state index in [-0.39, 0.29) is 11.8 Å². The maximum absolute atomic E-state index is 11.9. The number of nitrogens with one attached hydrogen (secondary N) is 1. The molecule has 0 aromatic heterocycles. The minimum absolute atomic E-state index is 0.00854. The second-order valence-corrected chi connectivity index (χ2v) is 5.06. The minimum Gasteiger partial charge on any atom is -0.354 e. The lowest BCUT2D eigenvalue weighted by Crippen LogP contribution is -2.43. The van der Waals surface area contributed by atoms with E-state index in [0.717, 1.165) is 19.4 Å². The second-order valence-electron chi connectivity index (χ2n) is 5.06. The number of nitrogens with two attached hydrogens (primary N) is 1. The number of hydrogen-bond donors (Lipinski definition) is 2. The SMILES string of the molecule is CCCC(CN)C(=O)NCC(C)N1CCCC1. The number of amides is 1. The Bertz CT molecular complexity index is 227. The molecule has 2 unspecified atom stereocenters. The van der Waals surface area contributed by atoms with Crippen LogP contribution in [0.5, 0.6) is 0 Å². The highest BCUT2D eigenvalue weighted by molar-refractivity contribution is 5.78. The van der Waals surface area contributed by atoms with E-state index in [2.05, 4.69) is 24.1 Å². The molecule has 0 aromatic rings. The highest BCUT2D eigenvalue weighted by Gasteiger charge is 2.20. The van der Waals surface area contributed by atoms with Gasteiger partial charge in [0.2, 0.25) is 5.91 Å². The monoisotopic (exact) mass is 241 g/mol. The van der Waals surface area contributed by atoms with Crippen LogP contribution in [0, 0.1) is 5.92 Å². The summed E-state index contributed by atoms with van der Waals surface area (Å²) in [5.74, 6) is 0.117. The number of likely N-dealkylation sites (tertiary alicyclic amines) is 1. The highest BCUT2D eigenvalue weighted by Crippen LogP contribution is 2.11. The van der Waals surface area contributed by atoms with Crippen LogP contribution < -0.4 is 11.1 Å². The molecular weight excluding hydrogens is 214 g/mol. The molecular formula is C13H27N3O. The second kappa shape index (κ2) is 7.67. The Morgan fingerprint density at radius 2 is 2.06 bits per heavy atom. The molecule has 2 atom stereocenters. The van der Waals surface area contributed by atoms with Gasteiger partial charge >= 0.3 is 0 Å². The summed E-state index contributed by atoms with van der Waals surface area (Å²) in [5, 5.41) is 3.03. The molecule has 100 valence electrons. The van der Waals surface area contributed by atoms with E-state index in [9.17, 15) is 4.79 Å². The molecule has 4 heteroatoms. The van der Waals surface area contributed by atoms with Crippen LogP contribution >= 0.6 is 0 Å². The van der Waals surface area contributed by atoms with Gasteiger partial charge in [-0.05, 0) is 39.3 Å². The van der Waals surface area contributed by atoms with Crippen LogP contribution in [0.3, 0.4) is 0 Å². The Kier molecular flexibility index (Phi) is 6.52. The van der Waals surface area contributed by atoms with Crippen molar-refractivity contribution in [1.82, 2.24) is 10.2 Å². The molecule has 1 saturated heterocycles. The van der Waals surface area contributed by atoms with Crippen LogP contribution in [0.15, 0.2) is 0 Å². The van der Waals surface area contributed by atoms with Gasteiger partial charge in [0, 0.05) is 19.1 Å². The van der Waals surface area contributed by atoms with Crippen molar-refractivity contribution in [3.63, 3.8) is 0 Å². The van der Waals surface area contributed by atoms with Crippen LogP contribution in [0.2, 0.25) is 0 Å². The summed E-state index contributed by atoms with van der Waals surface area (Å²) in [7, 11) is 0. The van der Waals surface area contributed by atoms with Gasteiger partial charge in [-0.15, -0.1) is 0 Å². The van der Waals surface area contributed by atoms with E-state index in [1.807, 2.05) is 0 Å². The molecule has 0 aliphatic carbocycles. The van der Waals surface area contributed by atoms with Gasteiger partial charge in [-0.1, -0.05) is 13.3 Å². The Morgan fingerprint density at radius 3 is 2.59 bits per heavy atom. The first-order chi connectivity index (χ1) is 8.19. The van der Waals surface area contributed by atoms with E-state index in [0.29, 0.717) is 12.6 Å². The number of carbonyl (C=O) groups is 1. The van der Waals surface area contributed by atoms with E-state index < -0.39 is 0 Å². The van der Waals surface area contributed by atoms with Crippen molar-refractivity contribution in [2.45, 2.75) is 45.6 Å². The largest absolute Gasteiger partial charge is 0.354 e. The molecule has 0 aromatic carbocycles. The molecule has 1 aliphatic rings. The predicted molar refractivity (Wildman–Crippen MR) is 70.7 cm³/mol. The lowest BCUT2D eigenvalue weighted by Gasteiger charge is -2.24. The fourth-order valence-electron chi connectivity index (χ4n) is 2.41. The first-order valence-electron chi connectivity index (χ1n) is 6.90. The summed E-state index contributed by atoms with van der Waals surface area (Å²) in [6.07, 6.45) is 4.48. The minimum atomic E-state index is -0.00854. The van der Waals surface area contributed by atoms with E-state index in [1.165, 1.54) is 25.9 Å². The molecule has 1 aliphatic heterocycles. The zero-order chi connectivity index (χ0) is 12.7. The number of carbonyl (C=O) groups excluding carboxylic acids is 1. The van der Waals surface area contributed by atoms with Crippen molar-refractivity contribution in [3.05, 3.63) is 0 Å². The average Bonchev–Trinajstić information content (AvgIpc) is 2.86. The summed E-state index contributed by atoms with van der Waals surface area (Å²) in [5.41, 5.74) is 5.62. The fourth-order valence-corrected chi connectivity index (χ4v) is 2.41. The average molecular weight is 241 g/mol. The summed E-state index contributed by atoms with van der Waals surface area (Å²) < 4.78 is 0. The van der Waals surface area contributed by atoms with Gasteiger partial charge in [-0.3, -0.25) is 9.69 Å². The Balaban J connectivity index is 2.25. The maximum atomic E-state index is 11.9. The lowest BCUT2D eigenvalue weighted by atomic mass is 10.0. The maximum Gasteiger partial charge on any atom is 0.224 e. The summed E-state index contributed by atoms with van der Waals surface area (Å²) >= 11 is 0. The molecule has 1 fully saturated rings. The van der Waals surface area contributed by atoms with Crippen molar-refractivity contribution in [3.8, 4) is 0 Å². The van der Waals surface area contributed by atoms with Crippen LogP contribution in [-0.2, 0) is 4.79 Å². The molecule has 1 rings (SSSR count). The van der Waals surface area contributed by atoms with Gasteiger partial charge in [-0.2, -0.15) is 0 Å². The van der Waals surface area contributed by atoms with Crippen molar-refractivity contribution in [2.75, 3.05) is 26.2 Å². The first-order valence-corrected chi connectivity index (χ1v) is 6.90. The van der Waals surface area contributed by atoms with Gasteiger partial charge in [0.05, 0.1) is 5.92 Å². The molecule has 1 amide bonds. The van der Waals surface area contributed by atoms with Crippen LogP contribution in [0.1, 0.15) is 39.5 Å². The standard InChI is InChI=1S/C13H27N3O/c1-3-6-12(9-14)13(17)15-10-11(2)16-7-4-5-8-16/h11-12H,3-10,14H2,1-2H3,(H,15,17). The Morgan fingerprint density at radius 1 is 1.41 bits per heavy atom. The quantitative estimate of drug-likeness (QED) is 0.698. The zero-order valence-corrected chi connectivity index (χ0v) is 11.2. The van der Waals surface area contributed by atoms with E-state index >= 15 is 0 Å². The molecule has 17 heavy (non-hydrogen) atoms. The summed E-state index contributed by atoms with van der Waals surface area (Å²) in [4.78, 5) is 14.3. The third kappa shape index (κ3) is 4.64. The summed E-state index contributed by atoms with van der Waals surface area (Å²) in [6, 6.07) is 0.446. The topological polar surface area (TPSA) is 58.4 Å². The molecule has 4 nitrogen and oxygen atoms in total. The molecule has 1 heterocycles. The van der Waals surface area contributed by atoms with Gasteiger partial charge in [-0.25, -0.2) is 0 Å². The van der Waals surface area contributed by atoms with Gasteiger partial charge in [0.25, 0.3) is 0 Å². The third-order valence-corrected chi connectivity index (χ3v) is 3.63. The molecule has 0 spiro atoms. The van der Waals surface area contributed by atoms with E-state index in [4.69, 9.17) is 5.73 Å². The number of hydrogen-bond acceptors (Lipinski definition) is 3. The Labute approximate surface area is 105 Å². The van der Waals surface area contributed by atoms with Crippen LogP contribution in [0.4, 0.5) is 0 Å². The van der Waals surface area contributed by atoms with Gasteiger partial charge < -0.3 is 11.1 Å². The summed E-state index contributed by atoms with van der Waals surface area (Å²) in [6.45, 7) is 7.82. The molecule has 3 N–H and O–H groups in total. The van der Waals surface area contributed by atoms with Crippen molar-refractivity contribution in [2.24, 2.45) is 11.7 Å². The Hall–Kier alpha value is -0.610. The van der Waals surface area contributed by atoms with Crippen molar-refractivity contribution in [1.29, 1.82) is 0 Å². The van der Waals surface area contributed by atoms with Crippen LogP contribution in [0.25, 0.3) is 0 Å². The zero-order valence-electron chi connectivity index (χ0n) is 11.2. The fraction of sp³-hybridized carbons (Fsp3) is 0.923. The van der Waals surface area contributed by atoms with Crippen LogP contribution in [-0.4, -0.2) is 43.0 Å². The van der Waals surface area contributed by atoms with E-state index in [1.54, 1.807) is 0 Å². The molecule has 0 saturated carbocycles. The normalized spacial score (nSPS) is 20.2. The highest BCUT2D eigenvalue weighted by atomic mass is 16.1. The smallest absolute Gasteiger partial charge is 0.224 e. The molecule has 0 bridgehead atoms. The van der Waals surface area contributed by atoms with Crippen molar-refractivity contribution >= 4 is 5.91 Å². The molecule has 0 radical (unpaired) electrons. The van der Waals surface area contributed by atoms with Gasteiger partial charge in [0.15, 0.2) is 0 Å². The lowest BCUT2D eigenvalue weighted by molar-refractivity contribution is -0.125. The number of rotatable bonds is 7.